The van der Waals surface area contributed by atoms with Crippen LogP contribution in [-0.2, 0) is 0 Å². The molecule has 0 N–H and O–H groups in total. The topological polar surface area (TPSA) is 28.9 Å². The van der Waals surface area contributed by atoms with Crippen molar-refractivity contribution in [1.29, 1.82) is 0 Å². The quantitative estimate of drug-likeness (QED) is 0.455. The van der Waals surface area contributed by atoms with Crippen molar-refractivity contribution in [2.45, 2.75) is 20.0 Å². The molecular weight excluding hydrogens is 336 g/mol. The van der Waals surface area contributed by atoms with Gasteiger partial charge in [0.05, 0.1) is 29.6 Å². The summed E-state index contributed by atoms with van der Waals surface area (Å²) in [5.74, 6) is 0.880. The van der Waals surface area contributed by atoms with E-state index in [1.165, 1.54) is 16.8 Å². The van der Waals surface area contributed by atoms with Gasteiger partial charge in [0.1, 0.15) is 23.1 Å². The molecule has 1 aliphatic heterocycles. The normalized spacial score (nSPS) is 16.3. The van der Waals surface area contributed by atoms with Crippen LogP contribution >= 0.6 is 0 Å². The van der Waals surface area contributed by atoms with E-state index in [0.29, 0.717) is 0 Å². The molecule has 1 aliphatic rings. The minimum atomic E-state index is 0.181. The van der Waals surface area contributed by atoms with Crippen molar-refractivity contribution in [1.82, 2.24) is 0 Å². The highest BCUT2D eigenvalue weighted by Gasteiger charge is 2.36. The van der Waals surface area contributed by atoms with E-state index in [1.807, 2.05) is 24.3 Å². The Morgan fingerprint density at radius 3 is 2.52 bits per heavy atom. The molecule has 27 heavy (non-hydrogen) atoms. The van der Waals surface area contributed by atoms with Crippen molar-refractivity contribution >= 4 is 39.0 Å². The summed E-state index contributed by atoms with van der Waals surface area (Å²) in [6, 6.07) is 20.7. The zero-order chi connectivity index (χ0) is 18.5. The van der Waals surface area contributed by atoms with Crippen LogP contribution in [0.3, 0.4) is 0 Å². The molecule has 0 saturated heterocycles. The lowest BCUT2D eigenvalue weighted by Gasteiger charge is -2.30. The number of para-hydroxylation sites is 3. The molecule has 0 aliphatic carbocycles. The van der Waals surface area contributed by atoms with Gasteiger partial charge in [-0.15, -0.1) is 0 Å². The highest BCUT2D eigenvalue weighted by molar-refractivity contribution is 6.16. The van der Waals surface area contributed by atoms with Gasteiger partial charge in [-0.1, -0.05) is 30.3 Å². The zero-order valence-electron chi connectivity index (χ0n) is 15.8. The molecule has 1 atom stereocenters. The Balaban J connectivity index is 1.83. The van der Waals surface area contributed by atoms with Crippen molar-refractivity contribution in [3.8, 4) is 5.75 Å². The van der Waals surface area contributed by atoms with Gasteiger partial charge in [0.25, 0.3) is 0 Å². The molecule has 0 amide bonds. The number of hydrogen-bond acceptors (Lipinski definition) is 4. The van der Waals surface area contributed by atoms with Crippen LogP contribution in [0.4, 0.5) is 17.1 Å². The smallest absolute Gasteiger partial charge is 0.142 e. The molecular formula is C23H22N2O2. The number of rotatable bonds is 3. The van der Waals surface area contributed by atoms with E-state index < -0.39 is 0 Å². The molecule has 1 aromatic heterocycles. The summed E-state index contributed by atoms with van der Waals surface area (Å²) < 4.78 is 11.8. The molecule has 0 radical (unpaired) electrons. The predicted octanol–water partition coefficient (Wildman–Crippen LogP) is 5.92. The molecule has 3 aromatic carbocycles. The lowest BCUT2D eigenvalue weighted by molar-refractivity contribution is 0.414. The number of anilines is 3. The summed E-state index contributed by atoms with van der Waals surface area (Å²) in [4.78, 5) is 4.80. The number of methoxy groups -OCH3 is 1. The molecule has 4 aromatic rings. The van der Waals surface area contributed by atoms with Gasteiger partial charge in [0.15, 0.2) is 0 Å². The van der Waals surface area contributed by atoms with Gasteiger partial charge >= 0.3 is 0 Å². The predicted molar refractivity (Wildman–Crippen MR) is 111 cm³/mol. The van der Waals surface area contributed by atoms with E-state index in [-0.39, 0.29) is 6.17 Å². The van der Waals surface area contributed by atoms with Crippen LogP contribution in [0.5, 0.6) is 5.75 Å². The summed E-state index contributed by atoms with van der Waals surface area (Å²) in [7, 11) is 1.73. The molecule has 0 saturated carbocycles. The Kier molecular flexibility index (Phi) is 3.54. The number of ether oxygens (including phenoxy) is 1. The van der Waals surface area contributed by atoms with E-state index >= 15 is 0 Å². The number of nitrogens with zero attached hydrogens (tertiary/aromatic N) is 2. The maximum atomic E-state index is 6.12. The van der Waals surface area contributed by atoms with Gasteiger partial charge in [0.2, 0.25) is 0 Å². The minimum absolute atomic E-state index is 0.181. The monoisotopic (exact) mass is 358 g/mol. The molecule has 4 nitrogen and oxygen atoms in total. The fourth-order valence-corrected chi connectivity index (χ4v) is 4.38. The van der Waals surface area contributed by atoms with E-state index in [0.717, 1.165) is 34.5 Å². The summed E-state index contributed by atoms with van der Waals surface area (Å²) in [6.07, 6.45) is 0.181. The van der Waals surface area contributed by atoms with Crippen LogP contribution in [0.2, 0.25) is 0 Å². The van der Waals surface area contributed by atoms with Crippen molar-refractivity contribution < 1.29 is 9.15 Å². The van der Waals surface area contributed by atoms with Crippen molar-refractivity contribution in [3.63, 3.8) is 0 Å². The van der Waals surface area contributed by atoms with Gasteiger partial charge in [-0.25, -0.2) is 0 Å². The van der Waals surface area contributed by atoms with Crippen LogP contribution in [0, 0.1) is 0 Å². The Morgan fingerprint density at radius 2 is 1.70 bits per heavy atom. The first-order valence-corrected chi connectivity index (χ1v) is 9.37. The largest absolute Gasteiger partial charge is 0.495 e. The molecule has 136 valence electrons. The maximum Gasteiger partial charge on any atom is 0.142 e. The highest BCUT2D eigenvalue weighted by Crippen LogP contribution is 2.51. The molecule has 0 bridgehead atoms. The van der Waals surface area contributed by atoms with Gasteiger partial charge < -0.3 is 19.0 Å². The second kappa shape index (κ2) is 5.95. The summed E-state index contributed by atoms with van der Waals surface area (Å²) in [5, 5.41) is 2.35. The average Bonchev–Trinajstić information content (AvgIpc) is 3.21. The third kappa shape index (κ3) is 2.16. The fraction of sp³-hybridized carbons (Fsp3) is 0.217. The molecule has 0 fully saturated rings. The SMILES string of the molecule is CCN1c2c(ccc3oc4ccccc4c23)N(c2ccccc2OC)[C@H]1C. The number of furan rings is 1. The van der Waals surface area contributed by atoms with Crippen LogP contribution in [0.1, 0.15) is 13.8 Å². The lowest BCUT2D eigenvalue weighted by atomic mass is 10.1. The van der Waals surface area contributed by atoms with E-state index in [4.69, 9.17) is 9.15 Å². The first-order valence-electron chi connectivity index (χ1n) is 9.37. The Morgan fingerprint density at radius 1 is 0.926 bits per heavy atom. The van der Waals surface area contributed by atoms with Gasteiger partial charge in [0, 0.05) is 11.9 Å². The Bertz CT molecular complexity index is 1150. The van der Waals surface area contributed by atoms with E-state index in [2.05, 4.69) is 60.0 Å². The Hall–Kier alpha value is -3.14. The van der Waals surface area contributed by atoms with Crippen LogP contribution in [0.25, 0.3) is 21.9 Å². The first kappa shape index (κ1) is 16.1. The van der Waals surface area contributed by atoms with Crippen molar-refractivity contribution in [3.05, 3.63) is 60.7 Å². The molecule has 0 unspecified atom stereocenters. The van der Waals surface area contributed by atoms with Gasteiger partial charge in [-0.05, 0) is 44.2 Å². The number of benzene rings is 3. The summed E-state index contributed by atoms with van der Waals surface area (Å²) >= 11 is 0. The Labute approximate surface area is 158 Å². The lowest BCUT2D eigenvalue weighted by Crippen LogP contribution is -2.38. The van der Waals surface area contributed by atoms with E-state index in [9.17, 15) is 0 Å². The summed E-state index contributed by atoms with van der Waals surface area (Å²) in [6.45, 7) is 5.36. The second-order valence-corrected chi connectivity index (χ2v) is 6.86. The van der Waals surface area contributed by atoms with Gasteiger partial charge in [-0.2, -0.15) is 0 Å². The minimum Gasteiger partial charge on any atom is -0.495 e. The zero-order valence-corrected chi connectivity index (χ0v) is 15.8. The molecule has 5 rings (SSSR count). The molecule has 2 heterocycles. The van der Waals surface area contributed by atoms with Crippen LogP contribution < -0.4 is 14.5 Å². The van der Waals surface area contributed by atoms with Crippen molar-refractivity contribution in [2.75, 3.05) is 23.5 Å². The van der Waals surface area contributed by atoms with Crippen LogP contribution in [-0.4, -0.2) is 19.8 Å². The average molecular weight is 358 g/mol. The maximum absolute atomic E-state index is 6.12. The number of hydrogen-bond donors (Lipinski definition) is 0. The van der Waals surface area contributed by atoms with Crippen molar-refractivity contribution in [2.24, 2.45) is 0 Å². The molecule has 0 spiro atoms. The summed E-state index contributed by atoms with van der Waals surface area (Å²) in [5.41, 5.74) is 5.37. The van der Waals surface area contributed by atoms with Gasteiger partial charge in [-0.3, -0.25) is 0 Å². The standard InChI is InChI=1S/C23H22N2O2/c1-4-24-15(2)25(17-10-6-8-12-20(17)26-3)18-13-14-21-22(23(18)24)16-9-5-7-11-19(16)27-21/h5-15H,4H2,1-3H3/t15-/m0/s1. The third-order valence-electron chi connectivity index (χ3n) is 5.55. The van der Waals surface area contributed by atoms with Crippen LogP contribution in [0.15, 0.2) is 65.1 Å². The fourth-order valence-electron chi connectivity index (χ4n) is 4.38. The second-order valence-electron chi connectivity index (χ2n) is 6.86. The first-order chi connectivity index (χ1) is 13.2. The third-order valence-corrected chi connectivity index (χ3v) is 5.55. The highest BCUT2D eigenvalue weighted by atomic mass is 16.5. The van der Waals surface area contributed by atoms with E-state index in [1.54, 1.807) is 7.11 Å². The molecule has 4 heteroatoms. The number of fused-ring (bicyclic) bond motifs is 5.